The molecule has 0 saturated carbocycles. The molecule has 0 radical (unpaired) electrons. The molecule has 1 N–H and O–H groups in total. The molecule has 136 valence electrons. The van der Waals surface area contributed by atoms with E-state index >= 15 is 0 Å². The first-order valence-corrected chi connectivity index (χ1v) is 9.14. The maximum atomic E-state index is 12.6. The molecule has 2 aliphatic rings. The number of anilines is 1. The van der Waals surface area contributed by atoms with Crippen LogP contribution in [0.2, 0.25) is 0 Å². The van der Waals surface area contributed by atoms with Gasteiger partial charge in [-0.05, 0) is 18.1 Å². The number of nitrogens with zero attached hydrogens (tertiary/aromatic N) is 2. The summed E-state index contributed by atoms with van der Waals surface area (Å²) in [6.07, 6.45) is 1.18. The Kier molecular flexibility index (Phi) is 6.04. The largest absolute Gasteiger partial charge is 0.379 e. The van der Waals surface area contributed by atoms with E-state index in [0.717, 1.165) is 50.5 Å². The quantitative estimate of drug-likeness (QED) is 0.846. The van der Waals surface area contributed by atoms with Crippen molar-refractivity contribution in [2.24, 2.45) is 5.92 Å². The van der Waals surface area contributed by atoms with E-state index < -0.39 is 0 Å². The summed E-state index contributed by atoms with van der Waals surface area (Å²) in [7, 11) is 0. The summed E-state index contributed by atoms with van der Waals surface area (Å²) in [5.74, 6) is -0.234. The fourth-order valence-corrected chi connectivity index (χ4v) is 3.44. The van der Waals surface area contributed by atoms with Gasteiger partial charge in [0.1, 0.15) is 0 Å². The Balaban J connectivity index is 1.51. The van der Waals surface area contributed by atoms with Crippen LogP contribution in [-0.4, -0.2) is 67.6 Å². The molecule has 0 spiro atoms. The van der Waals surface area contributed by atoms with Crippen LogP contribution in [0.4, 0.5) is 5.69 Å². The maximum absolute atomic E-state index is 12.6. The van der Waals surface area contributed by atoms with Crippen LogP contribution in [0.3, 0.4) is 0 Å². The number of aryl methyl sites for hydroxylation is 1. The number of carbonyl (C=O) groups is 2. The number of likely N-dealkylation sites (tertiary alicyclic amines) is 1. The fraction of sp³-hybridized carbons (Fsp3) is 0.579. The molecule has 25 heavy (non-hydrogen) atoms. The fourth-order valence-electron chi connectivity index (χ4n) is 3.44. The van der Waals surface area contributed by atoms with Crippen LogP contribution < -0.4 is 5.32 Å². The van der Waals surface area contributed by atoms with Crippen LogP contribution in [0.25, 0.3) is 0 Å². The molecule has 2 amide bonds. The Bertz CT molecular complexity index is 614. The minimum atomic E-state index is -0.262. The third-order valence-corrected chi connectivity index (χ3v) is 5.03. The molecule has 2 saturated heterocycles. The molecule has 0 aromatic heterocycles. The van der Waals surface area contributed by atoms with Gasteiger partial charge in [-0.2, -0.15) is 0 Å². The Hall–Kier alpha value is -1.92. The third kappa shape index (κ3) is 4.58. The number of nitrogens with one attached hydrogen (secondary N) is 1. The lowest BCUT2D eigenvalue weighted by molar-refractivity contribution is -0.128. The number of hydrogen-bond acceptors (Lipinski definition) is 4. The molecule has 2 heterocycles. The molecule has 1 aromatic carbocycles. The van der Waals surface area contributed by atoms with Gasteiger partial charge < -0.3 is 15.0 Å². The standard InChI is InChI=1S/C19H27N3O3/c1-2-15-5-3-4-6-17(15)20-19(24)16-13-18(23)22(14-16)8-7-21-9-11-25-12-10-21/h3-6,16H,2,7-14H2,1H3,(H,20,24). The second-order valence-electron chi connectivity index (χ2n) is 6.69. The first-order chi connectivity index (χ1) is 12.2. The molecular weight excluding hydrogens is 318 g/mol. The topological polar surface area (TPSA) is 61.9 Å². The molecule has 6 nitrogen and oxygen atoms in total. The highest BCUT2D eigenvalue weighted by atomic mass is 16.5. The van der Waals surface area contributed by atoms with Gasteiger partial charge in [-0.1, -0.05) is 25.1 Å². The number of para-hydroxylation sites is 1. The molecule has 1 atom stereocenters. The van der Waals surface area contributed by atoms with E-state index in [2.05, 4.69) is 17.1 Å². The van der Waals surface area contributed by atoms with E-state index in [9.17, 15) is 9.59 Å². The molecule has 0 bridgehead atoms. The first-order valence-electron chi connectivity index (χ1n) is 9.14. The average Bonchev–Trinajstić information content (AvgIpc) is 3.02. The van der Waals surface area contributed by atoms with Crippen molar-refractivity contribution in [3.63, 3.8) is 0 Å². The van der Waals surface area contributed by atoms with Gasteiger partial charge in [-0.15, -0.1) is 0 Å². The van der Waals surface area contributed by atoms with Crippen molar-refractivity contribution in [2.75, 3.05) is 51.3 Å². The molecule has 3 rings (SSSR count). The van der Waals surface area contributed by atoms with Gasteiger partial charge in [-0.25, -0.2) is 0 Å². The predicted molar refractivity (Wildman–Crippen MR) is 96.4 cm³/mol. The minimum Gasteiger partial charge on any atom is -0.379 e. The Morgan fingerprint density at radius 1 is 1.24 bits per heavy atom. The van der Waals surface area contributed by atoms with Crippen LogP contribution >= 0.6 is 0 Å². The van der Waals surface area contributed by atoms with E-state index in [0.29, 0.717) is 19.5 Å². The van der Waals surface area contributed by atoms with Gasteiger partial charge in [0.15, 0.2) is 0 Å². The normalized spacial score (nSPS) is 21.6. The first kappa shape index (κ1) is 17.9. The molecule has 1 unspecified atom stereocenters. The Labute approximate surface area is 149 Å². The molecule has 0 aliphatic carbocycles. The zero-order chi connectivity index (χ0) is 17.6. The van der Waals surface area contributed by atoms with E-state index in [-0.39, 0.29) is 17.7 Å². The van der Waals surface area contributed by atoms with Crippen LogP contribution in [-0.2, 0) is 20.7 Å². The summed E-state index contributed by atoms with van der Waals surface area (Å²) in [5.41, 5.74) is 1.97. The van der Waals surface area contributed by atoms with E-state index in [1.54, 1.807) is 0 Å². The molecule has 1 aromatic rings. The highest BCUT2D eigenvalue weighted by molar-refractivity contribution is 5.97. The van der Waals surface area contributed by atoms with E-state index in [1.165, 1.54) is 0 Å². The second-order valence-corrected chi connectivity index (χ2v) is 6.69. The summed E-state index contributed by atoms with van der Waals surface area (Å²) >= 11 is 0. The van der Waals surface area contributed by atoms with Crippen LogP contribution in [0, 0.1) is 5.92 Å². The van der Waals surface area contributed by atoms with Gasteiger partial charge in [0, 0.05) is 44.8 Å². The lowest BCUT2D eigenvalue weighted by Crippen LogP contribution is -2.42. The third-order valence-electron chi connectivity index (χ3n) is 5.03. The van der Waals surface area contributed by atoms with Crippen molar-refractivity contribution in [2.45, 2.75) is 19.8 Å². The van der Waals surface area contributed by atoms with Crippen molar-refractivity contribution in [3.8, 4) is 0 Å². The van der Waals surface area contributed by atoms with Crippen LogP contribution in [0.5, 0.6) is 0 Å². The van der Waals surface area contributed by atoms with Crippen molar-refractivity contribution in [1.82, 2.24) is 9.80 Å². The van der Waals surface area contributed by atoms with Gasteiger partial charge in [0.25, 0.3) is 0 Å². The number of ether oxygens (including phenoxy) is 1. The van der Waals surface area contributed by atoms with Crippen LogP contribution in [0.1, 0.15) is 18.9 Å². The summed E-state index contributed by atoms with van der Waals surface area (Å²) in [6, 6.07) is 7.83. The lowest BCUT2D eigenvalue weighted by Gasteiger charge is -2.28. The average molecular weight is 345 g/mol. The number of amides is 2. The molecule has 6 heteroatoms. The van der Waals surface area contributed by atoms with Crippen molar-refractivity contribution in [3.05, 3.63) is 29.8 Å². The summed E-state index contributed by atoms with van der Waals surface area (Å²) in [6.45, 7) is 7.47. The lowest BCUT2D eigenvalue weighted by atomic mass is 10.1. The number of carbonyl (C=O) groups excluding carboxylic acids is 2. The van der Waals surface area contributed by atoms with Gasteiger partial charge in [0.2, 0.25) is 11.8 Å². The summed E-state index contributed by atoms with van der Waals surface area (Å²) < 4.78 is 5.34. The Morgan fingerprint density at radius 2 is 2.00 bits per heavy atom. The van der Waals surface area contributed by atoms with Crippen molar-refractivity contribution < 1.29 is 14.3 Å². The minimum absolute atomic E-state index is 0.0527. The van der Waals surface area contributed by atoms with Crippen molar-refractivity contribution in [1.29, 1.82) is 0 Å². The van der Waals surface area contributed by atoms with Gasteiger partial charge in [-0.3, -0.25) is 14.5 Å². The number of morpholine rings is 1. The zero-order valence-corrected chi connectivity index (χ0v) is 14.9. The summed E-state index contributed by atoms with van der Waals surface area (Å²) in [4.78, 5) is 28.9. The number of rotatable bonds is 6. The van der Waals surface area contributed by atoms with E-state index in [1.807, 2.05) is 29.2 Å². The zero-order valence-electron chi connectivity index (χ0n) is 14.9. The SMILES string of the molecule is CCc1ccccc1NC(=O)C1CC(=O)N(CCN2CCOCC2)C1. The number of hydrogen-bond donors (Lipinski definition) is 1. The second kappa shape index (κ2) is 8.45. The monoisotopic (exact) mass is 345 g/mol. The van der Waals surface area contributed by atoms with Gasteiger partial charge in [0.05, 0.1) is 19.1 Å². The van der Waals surface area contributed by atoms with Gasteiger partial charge >= 0.3 is 0 Å². The smallest absolute Gasteiger partial charge is 0.229 e. The van der Waals surface area contributed by atoms with Crippen molar-refractivity contribution >= 4 is 17.5 Å². The maximum Gasteiger partial charge on any atom is 0.229 e. The highest BCUT2D eigenvalue weighted by Gasteiger charge is 2.34. The molecule has 2 fully saturated rings. The molecule has 2 aliphatic heterocycles. The Morgan fingerprint density at radius 3 is 2.76 bits per heavy atom. The number of benzene rings is 1. The molecular formula is C19H27N3O3. The van der Waals surface area contributed by atoms with E-state index in [4.69, 9.17) is 4.74 Å². The highest BCUT2D eigenvalue weighted by Crippen LogP contribution is 2.22. The summed E-state index contributed by atoms with van der Waals surface area (Å²) in [5, 5.41) is 3.01. The van der Waals surface area contributed by atoms with Crippen LogP contribution in [0.15, 0.2) is 24.3 Å². The predicted octanol–water partition coefficient (Wildman–Crippen LogP) is 1.37.